The molecule has 1 rings (SSSR count). The van der Waals surface area contributed by atoms with Crippen molar-refractivity contribution in [2.45, 2.75) is 26.0 Å². The van der Waals surface area contributed by atoms with E-state index in [4.69, 9.17) is 5.73 Å². The van der Waals surface area contributed by atoms with Gasteiger partial charge in [0.25, 0.3) is 0 Å². The van der Waals surface area contributed by atoms with Gasteiger partial charge in [0.2, 0.25) is 0 Å². The van der Waals surface area contributed by atoms with Crippen molar-refractivity contribution in [3.8, 4) is 0 Å². The number of carbonyl (C=O) groups is 1. The molecule has 14 heavy (non-hydrogen) atoms. The average molecular weight is 214 g/mol. The van der Waals surface area contributed by atoms with E-state index in [9.17, 15) is 4.79 Å². The molecule has 0 aromatic heterocycles. The Morgan fingerprint density at radius 1 is 1.50 bits per heavy atom. The summed E-state index contributed by atoms with van der Waals surface area (Å²) in [5.74, 6) is 0.0895. The van der Waals surface area contributed by atoms with Crippen LogP contribution in [0.1, 0.15) is 20.8 Å². The molecule has 0 saturated heterocycles. The summed E-state index contributed by atoms with van der Waals surface area (Å²) in [7, 11) is 0. The topological polar surface area (TPSA) is 55.1 Å². The Labute approximate surface area is 90.5 Å². The lowest BCUT2D eigenvalue weighted by atomic mass is 9.74. The first-order chi connectivity index (χ1) is 6.39. The number of thiol groups is 1. The lowest BCUT2D eigenvalue weighted by molar-refractivity contribution is -0.117. The zero-order valence-electron chi connectivity index (χ0n) is 8.92. The number of ketones is 1. The highest BCUT2D eigenvalue weighted by molar-refractivity contribution is 7.82. The summed E-state index contributed by atoms with van der Waals surface area (Å²) in [5, 5.41) is 2.84. The highest BCUT2D eigenvalue weighted by Gasteiger charge is 2.42. The molecule has 1 atom stereocenters. The normalized spacial score (nSPS) is 22.4. The van der Waals surface area contributed by atoms with Crippen molar-refractivity contribution in [1.29, 1.82) is 0 Å². The van der Waals surface area contributed by atoms with E-state index in [1.807, 2.05) is 0 Å². The number of hydrogen-bond acceptors (Lipinski definition) is 4. The van der Waals surface area contributed by atoms with Crippen LogP contribution in [0.25, 0.3) is 0 Å². The van der Waals surface area contributed by atoms with Gasteiger partial charge in [-0.15, -0.1) is 0 Å². The van der Waals surface area contributed by atoms with Gasteiger partial charge in [-0.3, -0.25) is 4.79 Å². The van der Waals surface area contributed by atoms with E-state index < -0.39 is 0 Å². The summed E-state index contributed by atoms with van der Waals surface area (Å²) >= 11 is 4.27. The van der Waals surface area contributed by atoms with Crippen molar-refractivity contribution in [3.05, 3.63) is 11.3 Å². The molecule has 0 aromatic carbocycles. The van der Waals surface area contributed by atoms with Gasteiger partial charge in [0.1, 0.15) is 0 Å². The predicted octanol–water partition coefficient (Wildman–Crippen LogP) is 0.716. The van der Waals surface area contributed by atoms with Gasteiger partial charge in [0, 0.05) is 13.1 Å². The quantitative estimate of drug-likeness (QED) is 0.607. The van der Waals surface area contributed by atoms with Crippen LogP contribution in [0.5, 0.6) is 0 Å². The number of Topliss-reactive ketones (excluding diaryl/α,β-unsaturated/α-hetero) is 1. The van der Waals surface area contributed by atoms with Crippen molar-refractivity contribution in [3.63, 3.8) is 0 Å². The third-order valence-electron chi connectivity index (χ3n) is 2.29. The molecule has 4 heteroatoms. The molecule has 1 aliphatic carbocycles. The van der Waals surface area contributed by atoms with Crippen molar-refractivity contribution < 1.29 is 4.79 Å². The van der Waals surface area contributed by atoms with Crippen LogP contribution in [0.15, 0.2) is 11.3 Å². The smallest absolute Gasteiger partial charge is 0.195 e. The first-order valence-electron chi connectivity index (χ1n) is 4.80. The van der Waals surface area contributed by atoms with Gasteiger partial charge in [-0.25, -0.2) is 0 Å². The van der Waals surface area contributed by atoms with Gasteiger partial charge >= 0.3 is 0 Å². The molecule has 0 spiro atoms. The van der Waals surface area contributed by atoms with Crippen LogP contribution in [0, 0.1) is 5.41 Å². The van der Waals surface area contributed by atoms with Gasteiger partial charge in [0.15, 0.2) is 5.78 Å². The summed E-state index contributed by atoms with van der Waals surface area (Å²) in [4.78, 5) is 11.5. The lowest BCUT2D eigenvalue weighted by Crippen LogP contribution is -2.45. The Morgan fingerprint density at radius 2 is 2.07 bits per heavy atom. The lowest BCUT2D eigenvalue weighted by Gasteiger charge is -2.37. The maximum atomic E-state index is 11.5. The summed E-state index contributed by atoms with van der Waals surface area (Å²) < 4.78 is 0. The minimum atomic E-state index is -0.227. The summed E-state index contributed by atoms with van der Waals surface area (Å²) in [6.07, 6.45) is 0. The Hall–Kier alpha value is -0.480. The number of allylic oxidation sites excluding steroid dienone is 1. The zero-order chi connectivity index (χ0) is 10.9. The van der Waals surface area contributed by atoms with Gasteiger partial charge < -0.3 is 11.1 Å². The molecule has 1 unspecified atom stereocenters. The number of carbonyl (C=O) groups excluding carboxylic acids is 1. The first kappa shape index (κ1) is 11.6. The molecule has 3 N–H and O–H groups in total. The molecule has 0 amide bonds. The number of nitrogens with two attached hydrogens (primary N) is 1. The Bertz CT molecular complexity index is 278. The molecule has 0 bridgehead atoms. The summed E-state index contributed by atoms with van der Waals surface area (Å²) in [5.41, 5.74) is 7.19. The standard InChI is InChI=1S/C10H18N2OS/c1-10(2,3)6-7(12-5-4-11)8(13)9(6)14/h9,12,14H,4-5,11H2,1-3H3. The second kappa shape index (κ2) is 3.95. The number of hydrogen-bond donors (Lipinski definition) is 3. The Morgan fingerprint density at radius 3 is 2.50 bits per heavy atom. The molecule has 0 aromatic rings. The molecule has 0 aliphatic heterocycles. The van der Waals surface area contributed by atoms with E-state index in [1.165, 1.54) is 0 Å². The minimum Gasteiger partial charge on any atom is -0.381 e. The number of nitrogens with one attached hydrogen (secondary N) is 1. The van der Waals surface area contributed by atoms with Crippen LogP contribution in [0.3, 0.4) is 0 Å². The molecule has 0 saturated carbocycles. The van der Waals surface area contributed by atoms with Crippen molar-refractivity contribution >= 4 is 18.4 Å². The predicted molar refractivity (Wildman–Crippen MR) is 61.3 cm³/mol. The molecule has 0 radical (unpaired) electrons. The van der Waals surface area contributed by atoms with Gasteiger partial charge in [-0.1, -0.05) is 20.8 Å². The third-order valence-corrected chi connectivity index (χ3v) is 2.78. The second-order valence-corrected chi connectivity index (χ2v) is 5.04. The highest BCUT2D eigenvalue weighted by Crippen LogP contribution is 2.40. The van der Waals surface area contributed by atoms with Crippen LogP contribution in [-0.4, -0.2) is 24.1 Å². The molecular weight excluding hydrogens is 196 g/mol. The highest BCUT2D eigenvalue weighted by atomic mass is 32.1. The van der Waals surface area contributed by atoms with Crippen molar-refractivity contribution in [2.75, 3.05) is 13.1 Å². The van der Waals surface area contributed by atoms with E-state index in [2.05, 4.69) is 38.7 Å². The van der Waals surface area contributed by atoms with E-state index in [0.29, 0.717) is 13.1 Å². The average Bonchev–Trinajstić information content (AvgIpc) is 2.08. The summed E-state index contributed by atoms with van der Waals surface area (Å²) in [6.45, 7) is 7.43. The van der Waals surface area contributed by atoms with Crippen molar-refractivity contribution in [2.24, 2.45) is 11.1 Å². The van der Waals surface area contributed by atoms with Crippen LogP contribution in [0.4, 0.5) is 0 Å². The first-order valence-corrected chi connectivity index (χ1v) is 5.32. The molecule has 3 nitrogen and oxygen atoms in total. The van der Waals surface area contributed by atoms with Crippen LogP contribution < -0.4 is 11.1 Å². The fraction of sp³-hybridized carbons (Fsp3) is 0.700. The Balaban J connectivity index is 2.86. The molecule has 1 aliphatic rings. The fourth-order valence-corrected chi connectivity index (χ4v) is 2.27. The van der Waals surface area contributed by atoms with Crippen LogP contribution >= 0.6 is 12.6 Å². The van der Waals surface area contributed by atoms with Gasteiger partial charge in [0.05, 0.1) is 10.9 Å². The third kappa shape index (κ3) is 1.96. The van der Waals surface area contributed by atoms with E-state index >= 15 is 0 Å². The van der Waals surface area contributed by atoms with Gasteiger partial charge in [-0.05, 0) is 11.0 Å². The molecule has 80 valence electrons. The largest absolute Gasteiger partial charge is 0.381 e. The van der Waals surface area contributed by atoms with E-state index in [1.54, 1.807) is 0 Å². The minimum absolute atomic E-state index is 0.00272. The number of rotatable bonds is 3. The van der Waals surface area contributed by atoms with Crippen LogP contribution in [0.2, 0.25) is 0 Å². The molecule has 0 heterocycles. The monoisotopic (exact) mass is 214 g/mol. The van der Waals surface area contributed by atoms with Crippen molar-refractivity contribution in [1.82, 2.24) is 5.32 Å². The summed E-state index contributed by atoms with van der Waals surface area (Å²) in [6, 6.07) is 0. The zero-order valence-corrected chi connectivity index (χ0v) is 9.82. The fourth-order valence-electron chi connectivity index (χ4n) is 1.62. The second-order valence-electron chi connectivity index (χ2n) is 4.52. The van der Waals surface area contributed by atoms with E-state index in [0.717, 1.165) is 11.3 Å². The van der Waals surface area contributed by atoms with Gasteiger partial charge in [-0.2, -0.15) is 12.6 Å². The molecular formula is C10H18N2OS. The maximum Gasteiger partial charge on any atom is 0.195 e. The van der Waals surface area contributed by atoms with Crippen LogP contribution in [-0.2, 0) is 4.79 Å². The SMILES string of the molecule is CC(C)(C)C1=C(NCCN)C(=O)C1S. The van der Waals surface area contributed by atoms with E-state index in [-0.39, 0.29) is 16.4 Å². The molecule has 0 fully saturated rings. The Kier molecular flexibility index (Phi) is 3.27. The maximum absolute atomic E-state index is 11.5.